The van der Waals surface area contributed by atoms with E-state index in [-0.39, 0.29) is 5.91 Å². The normalized spacial score (nSPS) is 25.7. The third kappa shape index (κ3) is 5.85. The van der Waals surface area contributed by atoms with Crippen LogP contribution in [0.15, 0.2) is 0 Å². The second kappa shape index (κ2) is 8.52. The van der Waals surface area contributed by atoms with Gasteiger partial charge in [0.2, 0.25) is 5.91 Å². The molecule has 3 unspecified atom stereocenters. The Morgan fingerprint density at radius 1 is 1.33 bits per heavy atom. The number of carbonyl (C=O) groups is 1. The first-order valence-corrected chi connectivity index (χ1v) is 7.68. The molecule has 2 N–H and O–H groups in total. The van der Waals surface area contributed by atoms with Crippen LogP contribution in [0, 0.1) is 5.92 Å². The Bertz CT molecular complexity index is 243. The van der Waals surface area contributed by atoms with Crippen molar-refractivity contribution >= 4 is 5.91 Å². The second-order valence-electron chi connectivity index (χ2n) is 5.72. The molecule has 3 atom stereocenters. The average Bonchev–Trinajstić information content (AvgIpc) is 2.38. The minimum atomic E-state index is 0.180. The molecular formula is C15H30N2O. The van der Waals surface area contributed by atoms with Crippen LogP contribution in [0.1, 0.15) is 65.7 Å². The molecule has 1 amide bonds. The summed E-state index contributed by atoms with van der Waals surface area (Å²) in [6.07, 6.45) is 8.22. The molecule has 0 aromatic carbocycles. The predicted molar refractivity (Wildman–Crippen MR) is 76.6 cm³/mol. The molecule has 1 rings (SSSR count). The zero-order valence-electron chi connectivity index (χ0n) is 12.3. The first-order valence-electron chi connectivity index (χ1n) is 7.68. The number of carbonyl (C=O) groups excluding carboxylic acids is 1. The molecule has 0 radical (unpaired) electrons. The number of rotatable bonds is 7. The SMILES string of the molecule is CCC1CCCC(NCCC(=O)NC(C)CC)C1. The van der Waals surface area contributed by atoms with E-state index in [1.165, 1.54) is 32.1 Å². The van der Waals surface area contributed by atoms with E-state index in [2.05, 4.69) is 31.4 Å². The van der Waals surface area contributed by atoms with Gasteiger partial charge in [-0.05, 0) is 32.1 Å². The fourth-order valence-corrected chi connectivity index (χ4v) is 2.69. The van der Waals surface area contributed by atoms with Crippen LogP contribution < -0.4 is 10.6 Å². The van der Waals surface area contributed by atoms with Crippen molar-refractivity contribution in [3.8, 4) is 0 Å². The monoisotopic (exact) mass is 254 g/mol. The maximum absolute atomic E-state index is 11.6. The van der Waals surface area contributed by atoms with Gasteiger partial charge in [0.15, 0.2) is 0 Å². The van der Waals surface area contributed by atoms with Crippen LogP contribution in [0.4, 0.5) is 0 Å². The summed E-state index contributed by atoms with van der Waals surface area (Å²) >= 11 is 0. The van der Waals surface area contributed by atoms with E-state index in [9.17, 15) is 4.79 Å². The number of nitrogens with one attached hydrogen (secondary N) is 2. The van der Waals surface area contributed by atoms with Crippen LogP contribution >= 0.6 is 0 Å². The van der Waals surface area contributed by atoms with E-state index in [1.54, 1.807) is 0 Å². The lowest BCUT2D eigenvalue weighted by atomic mass is 9.84. The van der Waals surface area contributed by atoms with Gasteiger partial charge in [-0.3, -0.25) is 4.79 Å². The summed E-state index contributed by atoms with van der Waals surface area (Å²) < 4.78 is 0. The standard InChI is InChI=1S/C15H30N2O/c1-4-12(3)17-15(18)9-10-16-14-8-6-7-13(5-2)11-14/h12-14,16H,4-11H2,1-3H3,(H,17,18). The van der Waals surface area contributed by atoms with E-state index >= 15 is 0 Å². The number of hydrogen-bond donors (Lipinski definition) is 2. The molecule has 18 heavy (non-hydrogen) atoms. The molecule has 3 heteroatoms. The van der Waals surface area contributed by atoms with Crippen molar-refractivity contribution in [2.45, 2.75) is 77.8 Å². The number of hydrogen-bond acceptors (Lipinski definition) is 2. The van der Waals surface area contributed by atoms with Crippen molar-refractivity contribution in [1.82, 2.24) is 10.6 Å². The van der Waals surface area contributed by atoms with Crippen LogP contribution in [0.2, 0.25) is 0 Å². The second-order valence-corrected chi connectivity index (χ2v) is 5.72. The van der Waals surface area contributed by atoms with Gasteiger partial charge < -0.3 is 10.6 Å². The summed E-state index contributed by atoms with van der Waals surface area (Å²) in [6, 6.07) is 0.941. The van der Waals surface area contributed by atoms with Crippen molar-refractivity contribution in [1.29, 1.82) is 0 Å². The molecule has 0 bridgehead atoms. The Kier molecular flexibility index (Phi) is 7.33. The predicted octanol–water partition coefficient (Wildman–Crippen LogP) is 2.85. The zero-order chi connectivity index (χ0) is 13.4. The van der Waals surface area contributed by atoms with Gasteiger partial charge in [-0.1, -0.05) is 33.1 Å². The van der Waals surface area contributed by atoms with Crippen molar-refractivity contribution in [2.75, 3.05) is 6.54 Å². The van der Waals surface area contributed by atoms with Crippen LogP contribution in [0.25, 0.3) is 0 Å². The molecule has 3 nitrogen and oxygen atoms in total. The zero-order valence-corrected chi connectivity index (χ0v) is 12.3. The van der Waals surface area contributed by atoms with E-state index in [4.69, 9.17) is 0 Å². The molecule has 0 aromatic heterocycles. The molecule has 1 aliphatic rings. The van der Waals surface area contributed by atoms with Gasteiger partial charge in [0.1, 0.15) is 0 Å². The number of amides is 1. The smallest absolute Gasteiger partial charge is 0.221 e. The van der Waals surface area contributed by atoms with E-state index in [1.807, 2.05) is 0 Å². The maximum atomic E-state index is 11.6. The summed E-state index contributed by atoms with van der Waals surface area (Å²) in [5, 5.41) is 6.56. The minimum Gasteiger partial charge on any atom is -0.354 e. The highest BCUT2D eigenvalue weighted by atomic mass is 16.1. The molecule has 0 aliphatic heterocycles. The van der Waals surface area contributed by atoms with Crippen molar-refractivity contribution in [2.24, 2.45) is 5.92 Å². The Balaban J connectivity index is 2.11. The molecule has 0 aromatic rings. The Morgan fingerprint density at radius 3 is 2.78 bits per heavy atom. The fourth-order valence-electron chi connectivity index (χ4n) is 2.69. The highest BCUT2D eigenvalue weighted by Crippen LogP contribution is 2.26. The molecule has 0 heterocycles. The van der Waals surface area contributed by atoms with E-state index in [0.29, 0.717) is 18.5 Å². The summed E-state index contributed by atoms with van der Waals surface area (Å²) in [4.78, 5) is 11.6. The van der Waals surface area contributed by atoms with Crippen LogP contribution in [0.5, 0.6) is 0 Å². The first kappa shape index (κ1) is 15.5. The Hall–Kier alpha value is -0.570. The van der Waals surface area contributed by atoms with E-state index in [0.717, 1.165) is 18.9 Å². The molecule has 106 valence electrons. The minimum absolute atomic E-state index is 0.180. The highest BCUT2D eigenvalue weighted by molar-refractivity contribution is 5.76. The lowest BCUT2D eigenvalue weighted by molar-refractivity contribution is -0.121. The van der Waals surface area contributed by atoms with E-state index < -0.39 is 0 Å². The van der Waals surface area contributed by atoms with Gasteiger partial charge in [-0.25, -0.2) is 0 Å². The van der Waals surface area contributed by atoms with Gasteiger partial charge in [0, 0.05) is 25.0 Å². The van der Waals surface area contributed by atoms with Gasteiger partial charge >= 0.3 is 0 Å². The Morgan fingerprint density at radius 2 is 2.11 bits per heavy atom. The lowest BCUT2D eigenvalue weighted by Gasteiger charge is -2.29. The summed E-state index contributed by atoms with van der Waals surface area (Å²) in [6.45, 7) is 7.25. The maximum Gasteiger partial charge on any atom is 0.221 e. The van der Waals surface area contributed by atoms with Crippen LogP contribution in [-0.2, 0) is 4.79 Å². The summed E-state index contributed by atoms with van der Waals surface area (Å²) in [5.41, 5.74) is 0. The third-order valence-corrected chi connectivity index (χ3v) is 4.16. The van der Waals surface area contributed by atoms with Gasteiger partial charge in [0.25, 0.3) is 0 Å². The highest BCUT2D eigenvalue weighted by Gasteiger charge is 2.20. The average molecular weight is 254 g/mol. The topological polar surface area (TPSA) is 41.1 Å². The molecule has 1 saturated carbocycles. The Labute approximate surface area is 112 Å². The van der Waals surface area contributed by atoms with Gasteiger partial charge in [0.05, 0.1) is 0 Å². The fraction of sp³-hybridized carbons (Fsp3) is 0.933. The molecule has 0 saturated heterocycles. The molecule has 1 fully saturated rings. The third-order valence-electron chi connectivity index (χ3n) is 4.16. The first-order chi connectivity index (χ1) is 8.65. The van der Waals surface area contributed by atoms with Crippen molar-refractivity contribution < 1.29 is 4.79 Å². The molecule has 1 aliphatic carbocycles. The van der Waals surface area contributed by atoms with Crippen molar-refractivity contribution in [3.63, 3.8) is 0 Å². The summed E-state index contributed by atoms with van der Waals surface area (Å²) in [7, 11) is 0. The van der Waals surface area contributed by atoms with Gasteiger partial charge in [-0.15, -0.1) is 0 Å². The molecular weight excluding hydrogens is 224 g/mol. The largest absolute Gasteiger partial charge is 0.354 e. The van der Waals surface area contributed by atoms with Gasteiger partial charge in [-0.2, -0.15) is 0 Å². The van der Waals surface area contributed by atoms with Crippen LogP contribution in [0.3, 0.4) is 0 Å². The van der Waals surface area contributed by atoms with Crippen molar-refractivity contribution in [3.05, 3.63) is 0 Å². The lowest BCUT2D eigenvalue weighted by Crippen LogP contribution is -2.38. The molecule has 0 spiro atoms. The van der Waals surface area contributed by atoms with Crippen LogP contribution in [-0.4, -0.2) is 24.5 Å². The quantitative estimate of drug-likeness (QED) is 0.733. The summed E-state index contributed by atoms with van der Waals surface area (Å²) in [5.74, 6) is 1.07.